The van der Waals surface area contributed by atoms with Gasteiger partial charge in [0.05, 0.1) is 6.33 Å². The van der Waals surface area contributed by atoms with Gasteiger partial charge in [0.1, 0.15) is 0 Å². The third-order valence-corrected chi connectivity index (χ3v) is 3.77. The normalized spacial score (nSPS) is 12.0. The van der Waals surface area contributed by atoms with Crippen molar-refractivity contribution in [2.24, 2.45) is 5.92 Å². The number of nitrogens with zero attached hydrogens (tertiary/aromatic N) is 2. The van der Waals surface area contributed by atoms with Crippen LogP contribution in [0.15, 0.2) is 73.3 Å². The minimum Gasteiger partial charge on any atom is -0.337 e. The number of hydrogen-bond acceptors (Lipinski definition) is 2. The monoisotopic (exact) mass is 290 g/mol. The number of benzene rings is 2. The number of imidazole rings is 1. The summed E-state index contributed by atoms with van der Waals surface area (Å²) in [5, 5.41) is 0. The lowest BCUT2D eigenvalue weighted by molar-refractivity contribution is 0.0918. The van der Waals surface area contributed by atoms with Crippen LogP contribution in [0.2, 0.25) is 0 Å². The van der Waals surface area contributed by atoms with Crippen LogP contribution in [0.25, 0.3) is 11.1 Å². The van der Waals surface area contributed by atoms with Gasteiger partial charge in [-0.1, -0.05) is 61.5 Å². The summed E-state index contributed by atoms with van der Waals surface area (Å²) in [5.41, 5.74) is 3.04. The molecule has 0 aliphatic heterocycles. The first-order chi connectivity index (χ1) is 10.7. The van der Waals surface area contributed by atoms with Crippen LogP contribution in [0.3, 0.4) is 0 Å². The minimum atomic E-state index is -0.0724. The van der Waals surface area contributed by atoms with Crippen LogP contribution in [0.4, 0.5) is 0 Å². The van der Waals surface area contributed by atoms with Crippen LogP contribution in [-0.2, 0) is 6.54 Å². The Labute approximate surface area is 130 Å². The molecule has 1 atom stereocenters. The first-order valence-corrected chi connectivity index (χ1v) is 7.39. The predicted octanol–water partition coefficient (Wildman–Crippen LogP) is 4.07. The molecule has 0 fully saturated rings. The molecule has 110 valence electrons. The van der Waals surface area contributed by atoms with Gasteiger partial charge in [-0.25, -0.2) is 4.98 Å². The molecular weight excluding hydrogens is 272 g/mol. The minimum absolute atomic E-state index is 0.0724. The van der Waals surface area contributed by atoms with E-state index in [1.807, 2.05) is 60.2 Å². The van der Waals surface area contributed by atoms with E-state index in [4.69, 9.17) is 0 Å². The quantitative estimate of drug-likeness (QED) is 0.664. The van der Waals surface area contributed by atoms with Crippen molar-refractivity contribution in [2.75, 3.05) is 0 Å². The number of ketones is 1. The highest BCUT2D eigenvalue weighted by atomic mass is 16.1. The average Bonchev–Trinajstić information content (AvgIpc) is 3.08. The maximum atomic E-state index is 12.5. The first-order valence-electron chi connectivity index (χ1n) is 7.39. The van der Waals surface area contributed by atoms with E-state index in [2.05, 4.69) is 17.1 Å². The van der Waals surface area contributed by atoms with Crippen LogP contribution < -0.4 is 0 Å². The highest BCUT2D eigenvalue weighted by Crippen LogP contribution is 2.20. The number of hydrogen-bond donors (Lipinski definition) is 0. The number of carbonyl (C=O) groups excluding carboxylic acids is 1. The van der Waals surface area contributed by atoms with Crippen LogP contribution in [0.1, 0.15) is 17.3 Å². The molecule has 22 heavy (non-hydrogen) atoms. The Balaban J connectivity index is 1.73. The van der Waals surface area contributed by atoms with Crippen LogP contribution in [0, 0.1) is 5.92 Å². The van der Waals surface area contributed by atoms with Gasteiger partial charge in [0, 0.05) is 30.4 Å². The van der Waals surface area contributed by atoms with E-state index in [-0.39, 0.29) is 11.7 Å². The number of rotatable bonds is 5. The molecule has 0 N–H and O–H groups in total. The zero-order valence-corrected chi connectivity index (χ0v) is 12.5. The molecule has 2 aromatic carbocycles. The molecule has 3 aromatic rings. The van der Waals surface area contributed by atoms with E-state index in [0.29, 0.717) is 6.54 Å². The molecule has 0 saturated heterocycles. The van der Waals surface area contributed by atoms with Gasteiger partial charge in [-0.3, -0.25) is 4.79 Å². The van der Waals surface area contributed by atoms with E-state index in [9.17, 15) is 4.79 Å². The lowest BCUT2D eigenvalue weighted by Crippen LogP contribution is -2.17. The Hall–Kier alpha value is -2.68. The van der Waals surface area contributed by atoms with Gasteiger partial charge in [-0.15, -0.1) is 0 Å². The van der Waals surface area contributed by atoms with Crippen molar-refractivity contribution in [1.82, 2.24) is 9.55 Å². The second-order valence-corrected chi connectivity index (χ2v) is 5.47. The molecule has 0 radical (unpaired) electrons. The molecule has 0 aliphatic rings. The van der Waals surface area contributed by atoms with Crippen LogP contribution >= 0.6 is 0 Å². The fraction of sp³-hybridized carbons (Fsp3) is 0.158. The van der Waals surface area contributed by atoms with Crippen LogP contribution in [0.5, 0.6) is 0 Å². The van der Waals surface area contributed by atoms with Gasteiger partial charge in [-0.05, 0) is 11.1 Å². The van der Waals surface area contributed by atoms with Crippen molar-refractivity contribution in [3.05, 3.63) is 78.9 Å². The van der Waals surface area contributed by atoms with Crippen molar-refractivity contribution in [1.29, 1.82) is 0 Å². The van der Waals surface area contributed by atoms with Crippen molar-refractivity contribution in [3.63, 3.8) is 0 Å². The molecule has 3 nitrogen and oxygen atoms in total. The summed E-state index contributed by atoms with van der Waals surface area (Å²) in [7, 11) is 0. The van der Waals surface area contributed by atoms with Crippen molar-refractivity contribution < 1.29 is 4.79 Å². The predicted molar refractivity (Wildman–Crippen MR) is 87.6 cm³/mol. The highest BCUT2D eigenvalue weighted by Gasteiger charge is 2.15. The van der Waals surface area contributed by atoms with Crippen LogP contribution in [-0.4, -0.2) is 15.3 Å². The summed E-state index contributed by atoms with van der Waals surface area (Å²) < 4.78 is 1.93. The largest absolute Gasteiger partial charge is 0.337 e. The fourth-order valence-electron chi connectivity index (χ4n) is 2.54. The summed E-state index contributed by atoms with van der Waals surface area (Å²) in [6, 6.07) is 18.0. The third kappa shape index (κ3) is 3.14. The number of carbonyl (C=O) groups is 1. The van der Waals surface area contributed by atoms with E-state index >= 15 is 0 Å². The highest BCUT2D eigenvalue weighted by molar-refractivity contribution is 5.98. The molecule has 0 bridgehead atoms. The second kappa shape index (κ2) is 6.39. The third-order valence-electron chi connectivity index (χ3n) is 3.77. The second-order valence-electron chi connectivity index (χ2n) is 5.47. The molecule has 1 heterocycles. The molecule has 0 saturated carbocycles. The van der Waals surface area contributed by atoms with Gasteiger partial charge in [0.15, 0.2) is 5.78 Å². The van der Waals surface area contributed by atoms with Gasteiger partial charge in [0.2, 0.25) is 0 Å². The van der Waals surface area contributed by atoms with E-state index in [0.717, 1.165) is 16.7 Å². The molecule has 3 rings (SSSR count). The van der Waals surface area contributed by atoms with E-state index < -0.39 is 0 Å². The molecule has 0 unspecified atom stereocenters. The first kappa shape index (κ1) is 14.3. The van der Waals surface area contributed by atoms with E-state index in [1.54, 1.807) is 12.5 Å². The molecule has 0 aliphatic carbocycles. The maximum absolute atomic E-state index is 12.5. The topological polar surface area (TPSA) is 34.9 Å². The molecule has 3 heteroatoms. The Kier molecular flexibility index (Phi) is 4.15. The zero-order valence-electron chi connectivity index (χ0n) is 12.5. The summed E-state index contributed by atoms with van der Waals surface area (Å²) in [5.74, 6) is 0.0880. The zero-order chi connectivity index (χ0) is 15.4. The molecule has 1 aromatic heterocycles. The number of aromatic nitrogens is 2. The lowest BCUT2D eigenvalue weighted by Gasteiger charge is -2.11. The smallest absolute Gasteiger partial charge is 0.167 e. The van der Waals surface area contributed by atoms with Gasteiger partial charge < -0.3 is 4.57 Å². The van der Waals surface area contributed by atoms with Gasteiger partial charge in [0.25, 0.3) is 0 Å². The Morgan fingerprint density at radius 2 is 1.73 bits per heavy atom. The van der Waals surface area contributed by atoms with Gasteiger partial charge >= 0.3 is 0 Å². The van der Waals surface area contributed by atoms with Gasteiger partial charge in [-0.2, -0.15) is 0 Å². The Morgan fingerprint density at radius 1 is 1.05 bits per heavy atom. The summed E-state index contributed by atoms with van der Waals surface area (Å²) >= 11 is 0. The Bertz CT molecular complexity index is 731. The maximum Gasteiger partial charge on any atom is 0.167 e. The van der Waals surface area contributed by atoms with E-state index in [1.165, 1.54) is 0 Å². The molecule has 0 amide bonds. The average molecular weight is 290 g/mol. The standard InChI is InChI=1S/C19H18N2O/c1-15(13-21-12-11-20-14-21)19(22)18-9-7-17(8-10-18)16-5-3-2-4-6-16/h2-12,14-15H,13H2,1H3/t15-/m0/s1. The van der Waals surface area contributed by atoms with Crippen molar-refractivity contribution in [3.8, 4) is 11.1 Å². The Morgan fingerprint density at radius 3 is 2.36 bits per heavy atom. The van der Waals surface area contributed by atoms with Crippen molar-refractivity contribution in [2.45, 2.75) is 13.5 Å². The summed E-state index contributed by atoms with van der Waals surface area (Å²) in [6.07, 6.45) is 5.34. The number of Topliss-reactive ketones (excluding diaryl/α,β-unsaturated/α-hetero) is 1. The SMILES string of the molecule is C[C@@H](Cn1ccnc1)C(=O)c1ccc(-c2ccccc2)cc1. The molecular formula is C19H18N2O. The molecule has 0 spiro atoms. The summed E-state index contributed by atoms with van der Waals surface area (Å²) in [6.45, 7) is 2.60. The summed E-state index contributed by atoms with van der Waals surface area (Å²) in [4.78, 5) is 16.5. The van der Waals surface area contributed by atoms with Crippen molar-refractivity contribution >= 4 is 5.78 Å². The lowest BCUT2D eigenvalue weighted by atomic mass is 9.97. The fourth-order valence-corrected chi connectivity index (χ4v) is 2.54.